The Hall–Kier alpha value is -1.41. The van der Waals surface area contributed by atoms with E-state index in [1.807, 2.05) is 12.1 Å². The Kier molecular flexibility index (Phi) is 12.8. The van der Waals surface area contributed by atoms with Crippen LogP contribution in [0.4, 0.5) is 4.79 Å². The van der Waals surface area contributed by atoms with Gasteiger partial charge in [-0.3, -0.25) is 9.13 Å². The minimum absolute atomic E-state index is 0.0813. The van der Waals surface area contributed by atoms with Crippen molar-refractivity contribution >= 4 is 21.3 Å². The third-order valence-electron chi connectivity index (χ3n) is 9.94. The fourth-order valence-electron chi connectivity index (χ4n) is 8.36. The average molecular weight is 700 g/mol. The van der Waals surface area contributed by atoms with E-state index >= 15 is 0 Å². The third-order valence-corrected chi connectivity index (χ3v) is 16.5. The molecule has 1 amide bonds. The highest BCUT2D eigenvalue weighted by Gasteiger charge is 2.56. The van der Waals surface area contributed by atoms with Crippen molar-refractivity contribution in [2.24, 2.45) is 17.3 Å². The van der Waals surface area contributed by atoms with Gasteiger partial charge in [0.05, 0.1) is 24.4 Å². The molecule has 3 aliphatic rings. The first-order valence-electron chi connectivity index (χ1n) is 17.7. The number of ether oxygens (including phenoxy) is 1. The monoisotopic (exact) mass is 699 g/mol. The third kappa shape index (κ3) is 9.04. The van der Waals surface area contributed by atoms with Crippen LogP contribution < -0.4 is 5.32 Å². The lowest BCUT2D eigenvalue weighted by Gasteiger charge is -2.50. The zero-order chi connectivity index (χ0) is 34.7. The molecule has 268 valence electrons. The number of carbonyl (C=O) groups excluding carboxylic acids is 1. The molecule has 0 bridgehead atoms. The molecule has 2 N–H and O–H groups in total. The van der Waals surface area contributed by atoms with Crippen LogP contribution in [0.25, 0.3) is 0 Å². The molecule has 2 fully saturated rings. The molecule has 5 atom stereocenters. The Morgan fingerprint density at radius 1 is 0.894 bits per heavy atom. The second kappa shape index (κ2) is 15.6. The number of amides is 1. The zero-order valence-electron chi connectivity index (χ0n) is 29.9. The number of phenolic OH excluding ortho intramolecular Hbond substituents is 1. The fourth-order valence-corrected chi connectivity index (χ4v) is 14.4. The number of nitrogens with one attached hydrogen (secondary N) is 1. The molecule has 47 heavy (non-hydrogen) atoms. The van der Waals surface area contributed by atoms with Gasteiger partial charge in [0, 0.05) is 12.0 Å². The van der Waals surface area contributed by atoms with E-state index in [0.29, 0.717) is 29.9 Å². The van der Waals surface area contributed by atoms with E-state index in [2.05, 4.69) is 18.3 Å². The minimum Gasteiger partial charge on any atom is -0.508 e. The van der Waals surface area contributed by atoms with Crippen LogP contribution in [0.3, 0.4) is 0 Å². The van der Waals surface area contributed by atoms with Gasteiger partial charge in [-0.1, -0.05) is 13.0 Å². The maximum absolute atomic E-state index is 14.4. The van der Waals surface area contributed by atoms with Gasteiger partial charge in [0.25, 0.3) is 0 Å². The molecular formula is C35H59NO9P2. The fraction of sp³-hybridized carbons (Fsp3) is 0.800. The summed E-state index contributed by atoms with van der Waals surface area (Å²) in [5.41, 5.74) is 2.57. The molecule has 1 aromatic carbocycles. The molecule has 0 aromatic heterocycles. The van der Waals surface area contributed by atoms with E-state index in [-0.39, 0.29) is 24.5 Å². The lowest BCUT2D eigenvalue weighted by molar-refractivity contribution is -0.0314. The van der Waals surface area contributed by atoms with E-state index < -0.39 is 51.1 Å². The van der Waals surface area contributed by atoms with Crippen LogP contribution in [0.15, 0.2) is 18.2 Å². The van der Waals surface area contributed by atoms with E-state index in [4.69, 9.17) is 22.8 Å². The molecule has 4 rings (SSSR count). The van der Waals surface area contributed by atoms with Crippen LogP contribution in [0, 0.1) is 17.3 Å². The van der Waals surface area contributed by atoms with Crippen LogP contribution in [0.2, 0.25) is 0 Å². The maximum Gasteiger partial charge on any atom is 0.407 e. The van der Waals surface area contributed by atoms with Crippen molar-refractivity contribution in [2.75, 3.05) is 6.54 Å². The van der Waals surface area contributed by atoms with Gasteiger partial charge in [-0.25, -0.2) is 4.79 Å². The predicted molar refractivity (Wildman–Crippen MR) is 184 cm³/mol. The standard InChI is InChI=1S/C35H59NO9P2/c1-22(2)42-46(39,43-23(3)4)33(47(40,44-24(5)6)45-25(7)8)11-10-20-36-34(38)41-32-17-16-31-30-14-12-26-21-27(37)13-15-28(26)29(30)18-19-35(31,32)9/h13,15,21-25,29-33,37H,10-12,14,16-20H2,1-9H3,(H,36,38)/t29-,30-,31+,32+,35+/m1/s1. The number of phenols is 1. The number of fused-ring (bicyclic) bond motifs is 5. The molecule has 0 saturated heterocycles. The molecule has 10 nitrogen and oxygen atoms in total. The summed E-state index contributed by atoms with van der Waals surface area (Å²) in [6, 6.07) is 5.84. The Morgan fingerprint density at radius 2 is 1.47 bits per heavy atom. The van der Waals surface area contributed by atoms with E-state index in [9.17, 15) is 19.0 Å². The molecule has 0 aliphatic heterocycles. The topological polar surface area (TPSA) is 130 Å². The Morgan fingerprint density at radius 3 is 2.02 bits per heavy atom. The van der Waals surface area contributed by atoms with Gasteiger partial charge >= 0.3 is 21.3 Å². The van der Waals surface area contributed by atoms with Gasteiger partial charge in [0.2, 0.25) is 0 Å². The summed E-state index contributed by atoms with van der Waals surface area (Å²) in [5, 5.41) is 11.7. The van der Waals surface area contributed by atoms with Crippen LogP contribution in [-0.2, 0) is 38.4 Å². The summed E-state index contributed by atoms with van der Waals surface area (Å²) in [6.45, 7) is 16.5. The van der Waals surface area contributed by atoms with Crippen molar-refractivity contribution in [1.29, 1.82) is 0 Å². The van der Waals surface area contributed by atoms with Gasteiger partial charge in [-0.05, 0) is 148 Å². The van der Waals surface area contributed by atoms with Crippen LogP contribution in [-0.4, -0.2) is 53.7 Å². The quantitative estimate of drug-likeness (QED) is 0.136. The first kappa shape index (κ1) is 38.4. The lowest BCUT2D eigenvalue weighted by atomic mass is 9.55. The molecule has 3 aliphatic carbocycles. The van der Waals surface area contributed by atoms with Crippen LogP contribution in [0.1, 0.15) is 124 Å². The van der Waals surface area contributed by atoms with Gasteiger partial charge in [-0.15, -0.1) is 0 Å². The zero-order valence-corrected chi connectivity index (χ0v) is 31.7. The summed E-state index contributed by atoms with van der Waals surface area (Å²) >= 11 is 0. The molecule has 1 aromatic rings. The van der Waals surface area contributed by atoms with Crippen LogP contribution >= 0.6 is 15.2 Å². The van der Waals surface area contributed by atoms with Crippen LogP contribution in [0.5, 0.6) is 5.75 Å². The highest BCUT2D eigenvalue weighted by molar-refractivity contribution is 7.72. The number of hydrogen-bond donors (Lipinski definition) is 2. The van der Waals surface area contributed by atoms with Crippen molar-refractivity contribution < 1.29 is 41.9 Å². The number of rotatable bonds is 15. The SMILES string of the molecule is CC(C)OP(=O)(OC(C)C)C(CCCNC(=O)O[C@H]1CC[C@H]2[C@@H]3CCc4cc(O)ccc4[C@H]3CC[C@]12C)P(=O)(OC(C)C)OC(C)C. The number of alkyl carbamates (subject to hydrolysis) is 1. The molecular weight excluding hydrogens is 640 g/mol. The molecule has 2 saturated carbocycles. The summed E-state index contributed by atoms with van der Waals surface area (Å²) < 4.78 is 58.4. The first-order valence-corrected chi connectivity index (χ1v) is 20.9. The van der Waals surface area contributed by atoms with E-state index in [0.717, 1.165) is 38.5 Å². The van der Waals surface area contributed by atoms with E-state index in [1.54, 1.807) is 55.4 Å². The predicted octanol–water partition coefficient (Wildman–Crippen LogP) is 9.54. The number of aromatic hydroxyl groups is 1. The van der Waals surface area contributed by atoms with Gasteiger partial charge in [0.15, 0.2) is 5.40 Å². The summed E-state index contributed by atoms with van der Waals surface area (Å²) in [4.78, 5) is 13.1. The normalized spacial score (nSPS) is 26.2. The maximum atomic E-state index is 14.4. The number of carbonyl (C=O) groups is 1. The second-order valence-electron chi connectivity index (χ2n) is 15.1. The van der Waals surface area contributed by atoms with Crippen molar-refractivity contribution in [1.82, 2.24) is 5.32 Å². The summed E-state index contributed by atoms with van der Waals surface area (Å²) in [7, 11) is -7.99. The highest BCUT2D eigenvalue weighted by atomic mass is 31.2. The molecule has 12 heteroatoms. The van der Waals surface area contributed by atoms with Gasteiger partial charge in [0.1, 0.15) is 11.9 Å². The highest BCUT2D eigenvalue weighted by Crippen LogP contribution is 2.73. The first-order chi connectivity index (χ1) is 22.0. The van der Waals surface area contributed by atoms with Gasteiger partial charge in [-0.2, -0.15) is 0 Å². The van der Waals surface area contributed by atoms with Crippen molar-refractivity contribution in [3.8, 4) is 5.75 Å². The minimum atomic E-state index is -3.99. The summed E-state index contributed by atoms with van der Waals surface area (Å²) in [6.07, 6.45) is 3.98. The Labute approximate surface area is 282 Å². The number of benzene rings is 1. The van der Waals surface area contributed by atoms with Crippen molar-refractivity contribution in [3.05, 3.63) is 29.3 Å². The lowest BCUT2D eigenvalue weighted by Crippen LogP contribution is -2.46. The Balaban J connectivity index is 1.40. The second-order valence-corrected chi connectivity index (χ2v) is 19.7. The molecule has 0 unspecified atom stereocenters. The molecule has 0 radical (unpaired) electrons. The average Bonchev–Trinajstić information content (AvgIpc) is 3.26. The summed E-state index contributed by atoms with van der Waals surface area (Å²) in [5.74, 6) is 1.85. The molecule has 0 heterocycles. The van der Waals surface area contributed by atoms with Crippen molar-refractivity contribution in [2.45, 2.75) is 156 Å². The largest absolute Gasteiger partial charge is 0.508 e. The van der Waals surface area contributed by atoms with E-state index in [1.165, 1.54) is 11.1 Å². The molecule has 0 spiro atoms. The Bertz CT molecular complexity index is 1250. The number of hydrogen-bond acceptors (Lipinski definition) is 9. The number of aryl methyl sites for hydroxylation is 1. The van der Waals surface area contributed by atoms with Crippen molar-refractivity contribution in [3.63, 3.8) is 0 Å². The smallest absolute Gasteiger partial charge is 0.407 e. The van der Waals surface area contributed by atoms with Gasteiger partial charge < -0.3 is 33.3 Å².